The molecule has 1 aromatic carbocycles. The Morgan fingerprint density at radius 1 is 1.04 bits per heavy atom. The lowest BCUT2D eigenvalue weighted by Gasteiger charge is -2.35. The Morgan fingerprint density at radius 2 is 1.65 bits per heavy atom. The van der Waals surface area contributed by atoms with Crippen molar-refractivity contribution in [2.75, 3.05) is 42.5 Å². The van der Waals surface area contributed by atoms with E-state index in [1.165, 1.54) is 11.8 Å². The molecule has 1 aromatic heterocycles. The van der Waals surface area contributed by atoms with Crippen LogP contribution in [0, 0.1) is 6.92 Å². The molecule has 0 radical (unpaired) electrons. The second-order valence-electron chi connectivity index (χ2n) is 6.36. The summed E-state index contributed by atoms with van der Waals surface area (Å²) in [5.41, 5.74) is 1.86. The molecule has 1 aliphatic rings. The average molecular weight is 353 g/mol. The molecule has 0 atom stereocenters. The minimum absolute atomic E-state index is 0.0468. The summed E-state index contributed by atoms with van der Waals surface area (Å²) in [6.07, 6.45) is 3.43. The zero-order valence-corrected chi connectivity index (χ0v) is 15.1. The molecule has 2 amide bonds. The summed E-state index contributed by atoms with van der Waals surface area (Å²) in [6.45, 7) is 6.08. The Balaban J connectivity index is 1.60. The van der Waals surface area contributed by atoms with E-state index in [9.17, 15) is 9.59 Å². The van der Waals surface area contributed by atoms with Gasteiger partial charge in [-0.05, 0) is 25.1 Å². The van der Waals surface area contributed by atoms with Crippen molar-refractivity contribution in [1.29, 1.82) is 0 Å². The number of benzene rings is 1. The highest BCUT2D eigenvalue weighted by molar-refractivity contribution is 5.97. The van der Waals surface area contributed by atoms with Crippen LogP contribution in [0.25, 0.3) is 0 Å². The third-order valence-electron chi connectivity index (χ3n) is 4.49. The lowest BCUT2D eigenvalue weighted by molar-refractivity contribution is -0.131. The number of nitrogens with zero attached hydrogens (tertiary/aromatic N) is 5. The van der Waals surface area contributed by atoms with Crippen LogP contribution >= 0.6 is 0 Å². The van der Waals surface area contributed by atoms with Crippen LogP contribution in [-0.4, -0.2) is 59.4 Å². The van der Waals surface area contributed by atoms with Gasteiger partial charge in [-0.3, -0.25) is 9.59 Å². The molecular weight excluding hydrogens is 330 g/mol. The Hall–Kier alpha value is -2.96. The Morgan fingerprint density at radius 3 is 2.23 bits per heavy atom. The predicted octanol–water partition coefficient (Wildman–Crippen LogP) is 1.49. The van der Waals surface area contributed by atoms with Gasteiger partial charge >= 0.3 is 0 Å². The topological polar surface area (TPSA) is 69.6 Å². The van der Waals surface area contributed by atoms with E-state index in [4.69, 9.17) is 0 Å². The average Bonchev–Trinajstić information content (AvgIpc) is 2.67. The number of aryl methyl sites for hydroxylation is 1. The number of hydrogen-bond acceptors (Lipinski definition) is 5. The van der Waals surface area contributed by atoms with Gasteiger partial charge < -0.3 is 14.7 Å². The molecule has 7 nitrogen and oxygen atoms in total. The number of amides is 2. The summed E-state index contributed by atoms with van der Waals surface area (Å²) in [4.78, 5) is 38.6. The van der Waals surface area contributed by atoms with Gasteiger partial charge in [-0.2, -0.15) is 0 Å². The first-order chi connectivity index (χ1) is 12.5. The van der Waals surface area contributed by atoms with Gasteiger partial charge in [0.2, 0.25) is 17.8 Å². The second-order valence-corrected chi connectivity index (χ2v) is 6.36. The van der Waals surface area contributed by atoms with Crippen molar-refractivity contribution in [1.82, 2.24) is 14.9 Å². The summed E-state index contributed by atoms with van der Waals surface area (Å²) in [5.74, 6) is 0.498. The van der Waals surface area contributed by atoms with Crippen LogP contribution in [0.1, 0.15) is 12.5 Å². The van der Waals surface area contributed by atoms with Crippen molar-refractivity contribution in [3.05, 3.63) is 48.3 Å². The van der Waals surface area contributed by atoms with E-state index in [1.807, 2.05) is 31.2 Å². The maximum atomic E-state index is 12.7. The van der Waals surface area contributed by atoms with E-state index in [2.05, 4.69) is 14.9 Å². The summed E-state index contributed by atoms with van der Waals surface area (Å²) in [6, 6.07) is 9.40. The predicted molar refractivity (Wildman–Crippen MR) is 100 cm³/mol. The minimum atomic E-state index is -0.140. The van der Waals surface area contributed by atoms with Crippen molar-refractivity contribution in [2.24, 2.45) is 0 Å². The van der Waals surface area contributed by atoms with Crippen molar-refractivity contribution in [3.8, 4) is 0 Å². The molecule has 0 bridgehead atoms. The summed E-state index contributed by atoms with van der Waals surface area (Å²) in [5, 5.41) is 0. The van der Waals surface area contributed by atoms with E-state index in [0.717, 1.165) is 11.3 Å². The van der Waals surface area contributed by atoms with Crippen LogP contribution in [0.4, 0.5) is 11.6 Å². The highest BCUT2D eigenvalue weighted by Crippen LogP contribution is 2.16. The molecule has 136 valence electrons. The molecule has 1 saturated heterocycles. The molecule has 0 saturated carbocycles. The molecule has 0 N–H and O–H groups in total. The third kappa shape index (κ3) is 4.17. The fourth-order valence-electron chi connectivity index (χ4n) is 2.95. The van der Waals surface area contributed by atoms with Gasteiger partial charge in [0, 0.05) is 51.2 Å². The maximum Gasteiger partial charge on any atom is 0.242 e. The van der Waals surface area contributed by atoms with Gasteiger partial charge in [-0.25, -0.2) is 9.97 Å². The van der Waals surface area contributed by atoms with Crippen molar-refractivity contribution in [2.45, 2.75) is 13.8 Å². The van der Waals surface area contributed by atoms with Crippen LogP contribution < -0.4 is 9.80 Å². The third-order valence-corrected chi connectivity index (χ3v) is 4.49. The van der Waals surface area contributed by atoms with E-state index in [-0.39, 0.29) is 18.4 Å². The van der Waals surface area contributed by atoms with Crippen LogP contribution in [0.3, 0.4) is 0 Å². The first-order valence-corrected chi connectivity index (χ1v) is 8.69. The van der Waals surface area contributed by atoms with E-state index < -0.39 is 0 Å². The fourth-order valence-corrected chi connectivity index (χ4v) is 2.95. The van der Waals surface area contributed by atoms with Gasteiger partial charge in [-0.15, -0.1) is 0 Å². The first kappa shape index (κ1) is 17.8. The zero-order valence-electron chi connectivity index (χ0n) is 15.1. The van der Waals surface area contributed by atoms with Gasteiger partial charge in [0.25, 0.3) is 0 Å². The molecule has 2 heterocycles. The lowest BCUT2D eigenvalue weighted by atomic mass is 10.2. The largest absolute Gasteiger partial charge is 0.338 e. The van der Waals surface area contributed by atoms with Crippen LogP contribution in [0.5, 0.6) is 0 Å². The number of aromatic nitrogens is 2. The van der Waals surface area contributed by atoms with E-state index >= 15 is 0 Å². The van der Waals surface area contributed by atoms with Crippen LogP contribution in [0.15, 0.2) is 42.7 Å². The van der Waals surface area contributed by atoms with Crippen molar-refractivity contribution >= 4 is 23.5 Å². The van der Waals surface area contributed by atoms with Crippen LogP contribution in [-0.2, 0) is 9.59 Å². The highest BCUT2D eigenvalue weighted by Gasteiger charge is 2.25. The van der Waals surface area contributed by atoms with Crippen molar-refractivity contribution < 1.29 is 9.59 Å². The van der Waals surface area contributed by atoms with Gasteiger partial charge in [0.1, 0.15) is 6.54 Å². The number of piperazine rings is 1. The van der Waals surface area contributed by atoms with E-state index in [1.54, 1.807) is 23.4 Å². The SMILES string of the molecule is CC(=O)N(CC(=O)N1CCN(c2ncccn2)CC1)c1ccc(C)cc1. The molecule has 1 fully saturated rings. The summed E-state index contributed by atoms with van der Waals surface area (Å²) in [7, 11) is 0. The molecule has 1 aliphatic heterocycles. The minimum Gasteiger partial charge on any atom is -0.338 e. The quantitative estimate of drug-likeness (QED) is 0.833. The number of carbonyl (C=O) groups is 2. The second kappa shape index (κ2) is 7.95. The van der Waals surface area contributed by atoms with Gasteiger partial charge in [-0.1, -0.05) is 17.7 Å². The molecule has 0 unspecified atom stereocenters. The maximum absolute atomic E-state index is 12.7. The van der Waals surface area contributed by atoms with Crippen LogP contribution in [0.2, 0.25) is 0 Å². The number of carbonyl (C=O) groups excluding carboxylic acids is 2. The smallest absolute Gasteiger partial charge is 0.242 e. The number of anilines is 2. The molecule has 3 rings (SSSR count). The van der Waals surface area contributed by atoms with E-state index in [0.29, 0.717) is 32.1 Å². The fraction of sp³-hybridized carbons (Fsp3) is 0.368. The Kier molecular flexibility index (Phi) is 5.46. The molecular formula is C19H23N5O2. The Labute approximate surface area is 153 Å². The molecule has 0 aliphatic carbocycles. The lowest BCUT2D eigenvalue weighted by Crippen LogP contribution is -2.52. The number of rotatable bonds is 4. The summed E-state index contributed by atoms with van der Waals surface area (Å²) >= 11 is 0. The number of hydrogen-bond donors (Lipinski definition) is 0. The first-order valence-electron chi connectivity index (χ1n) is 8.69. The van der Waals surface area contributed by atoms with Crippen molar-refractivity contribution in [3.63, 3.8) is 0 Å². The zero-order chi connectivity index (χ0) is 18.5. The normalized spacial score (nSPS) is 14.2. The molecule has 26 heavy (non-hydrogen) atoms. The standard InChI is InChI=1S/C19H23N5O2/c1-15-4-6-17(7-5-15)24(16(2)25)14-18(26)22-10-12-23(13-11-22)19-20-8-3-9-21-19/h3-9H,10-14H2,1-2H3. The highest BCUT2D eigenvalue weighted by atomic mass is 16.2. The van der Waals surface area contributed by atoms with Gasteiger partial charge in [0.15, 0.2) is 0 Å². The Bertz CT molecular complexity index is 755. The summed E-state index contributed by atoms with van der Waals surface area (Å²) < 4.78 is 0. The molecule has 2 aromatic rings. The molecule has 7 heteroatoms. The molecule has 0 spiro atoms. The van der Waals surface area contributed by atoms with Gasteiger partial charge in [0.05, 0.1) is 0 Å². The monoisotopic (exact) mass is 353 g/mol.